The monoisotopic (exact) mass is 218 g/mol. The van der Waals surface area contributed by atoms with E-state index in [4.69, 9.17) is 22.7 Å². The topological polar surface area (TPSA) is 0 Å². The highest BCUT2D eigenvalue weighted by Gasteiger charge is 2.02. The van der Waals surface area contributed by atoms with Gasteiger partial charge in [0.25, 0.3) is 0 Å². The Morgan fingerprint density at radius 1 is 1.33 bits per heavy atom. The summed E-state index contributed by atoms with van der Waals surface area (Å²) in [5.74, 6) is 0. The van der Waals surface area contributed by atoms with Gasteiger partial charge in [-0.2, -0.15) is 11.1 Å². The zero-order valence-corrected chi connectivity index (χ0v) is 9.72. The van der Waals surface area contributed by atoms with Crippen molar-refractivity contribution in [3.8, 4) is 0 Å². The Morgan fingerprint density at radius 2 is 2.00 bits per heavy atom. The standard InChI is InChI=1S/C9H12Cl2Si/c1-12(11)7-6-8-4-2-3-5-9(8)10/h2-5,12H,6-7H2,1H3. The van der Waals surface area contributed by atoms with Crippen LogP contribution in [0.3, 0.4) is 0 Å². The van der Waals surface area contributed by atoms with Gasteiger partial charge in [0.05, 0.1) is 0 Å². The van der Waals surface area contributed by atoms with Gasteiger partial charge in [0.15, 0.2) is 0 Å². The molecule has 12 heavy (non-hydrogen) atoms. The first-order chi connectivity index (χ1) is 5.70. The van der Waals surface area contributed by atoms with Gasteiger partial charge in [0.2, 0.25) is 0 Å². The van der Waals surface area contributed by atoms with E-state index in [0.29, 0.717) is 0 Å². The molecule has 0 N–H and O–H groups in total. The van der Waals surface area contributed by atoms with Gasteiger partial charge >= 0.3 is 0 Å². The molecular weight excluding hydrogens is 207 g/mol. The van der Waals surface area contributed by atoms with Crippen LogP contribution in [0.5, 0.6) is 0 Å². The molecule has 0 saturated heterocycles. The number of benzene rings is 1. The van der Waals surface area contributed by atoms with Crippen LogP contribution < -0.4 is 0 Å². The average Bonchev–Trinajstić information content (AvgIpc) is 2.03. The van der Waals surface area contributed by atoms with Crippen molar-refractivity contribution in [1.82, 2.24) is 0 Å². The lowest BCUT2D eigenvalue weighted by Gasteiger charge is -2.03. The number of hydrogen-bond donors (Lipinski definition) is 0. The highest BCUT2D eigenvalue weighted by molar-refractivity contribution is 7.06. The summed E-state index contributed by atoms with van der Waals surface area (Å²) in [6, 6.07) is 9.08. The van der Waals surface area contributed by atoms with Crippen LogP contribution >= 0.6 is 22.7 Å². The van der Waals surface area contributed by atoms with E-state index in [9.17, 15) is 0 Å². The van der Waals surface area contributed by atoms with Crippen LogP contribution in [0.4, 0.5) is 0 Å². The maximum absolute atomic E-state index is 5.98. The summed E-state index contributed by atoms with van der Waals surface area (Å²) < 4.78 is 0. The summed E-state index contributed by atoms with van der Waals surface area (Å²) in [7, 11) is -0.947. The molecule has 1 unspecified atom stereocenters. The van der Waals surface area contributed by atoms with Crippen molar-refractivity contribution in [3.05, 3.63) is 34.9 Å². The van der Waals surface area contributed by atoms with Gasteiger partial charge in [-0.05, 0) is 24.1 Å². The van der Waals surface area contributed by atoms with Gasteiger partial charge < -0.3 is 0 Å². The van der Waals surface area contributed by atoms with Crippen LogP contribution in [0.15, 0.2) is 24.3 Å². The Balaban J connectivity index is 2.57. The van der Waals surface area contributed by atoms with E-state index < -0.39 is 8.11 Å². The summed E-state index contributed by atoms with van der Waals surface area (Å²) in [5, 5.41) is 0.865. The van der Waals surface area contributed by atoms with E-state index in [1.54, 1.807) is 0 Å². The zero-order valence-electron chi connectivity index (χ0n) is 7.06. The third kappa shape index (κ3) is 3.17. The third-order valence-corrected chi connectivity index (χ3v) is 3.88. The van der Waals surface area contributed by atoms with Gasteiger partial charge in [0.1, 0.15) is 8.11 Å². The van der Waals surface area contributed by atoms with Crippen molar-refractivity contribution >= 4 is 30.8 Å². The molecule has 0 amide bonds. The molecule has 0 bridgehead atoms. The van der Waals surface area contributed by atoms with E-state index in [2.05, 4.69) is 12.6 Å². The zero-order chi connectivity index (χ0) is 8.97. The lowest BCUT2D eigenvalue weighted by Crippen LogP contribution is -1.98. The first-order valence-corrected chi connectivity index (χ1v) is 8.17. The number of hydrogen-bond acceptors (Lipinski definition) is 0. The third-order valence-electron chi connectivity index (χ3n) is 1.77. The predicted octanol–water partition coefficient (Wildman–Crippen LogP) is 3.47. The summed E-state index contributed by atoms with van der Waals surface area (Å²) in [5.41, 5.74) is 1.22. The van der Waals surface area contributed by atoms with Gasteiger partial charge in [-0.15, -0.1) is 0 Å². The minimum atomic E-state index is -0.947. The van der Waals surface area contributed by atoms with Crippen molar-refractivity contribution in [2.75, 3.05) is 0 Å². The minimum absolute atomic E-state index is 0.865. The van der Waals surface area contributed by atoms with Gasteiger partial charge in [0, 0.05) is 5.02 Å². The van der Waals surface area contributed by atoms with E-state index in [1.807, 2.05) is 18.2 Å². The summed E-state index contributed by atoms with van der Waals surface area (Å²) in [6.07, 6.45) is 1.02. The van der Waals surface area contributed by atoms with Crippen molar-refractivity contribution in [2.45, 2.75) is 19.0 Å². The molecule has 0 fully saturated rings. The maximum Gasteiger partial charge on any atom is 0.138 e. The van der Waals surface area contributed by atoms with E-state index in [-0.39, 0.29) is 0 Å². The fourth-order valence-corrected chi connectivity index (χ4v) is 2.32. The summed E-state index contributed by atoms with van der Waals surface area (Å²) >= 11 is 12.0. The molecule has 0 nitrogen and oxygen atoms in total. The Labute approximate surface area is 84.8 Å². The van der Waals surface area contributed by atoms with Gasteiger partial charge in [-0.25, -0.2) is 0 Å². The quantitative estimate of drug-likeness (QED) is 0.539. The molecule has 1 atom stereocenters. The Hall–Kier alpha value is 0.0169. The molecule has 1 aromatic rings. The lowest BCUT2D eigenvalue weighted by atomic mass is 10.2. The molecule has 0 aliphatic rings. The highest BCUT2D eigenvalue weighted by Crippen LogP contribution is 2.17. The number of rotatable bonds is 3. The average molecular weight is 219 g/mol. The molecule has 0 aliphatic heterocycles. The molecule has 0 spiro atoms. The first-order valence-electron chi connectivity index (χ1n) is 4.07. The first kappa shape index (κ1) is 10.1. The molecule has 3 heteroatoms. The highest BCUT2D eigenvalue weighted by atomic mass is 35.6. The molecule has 0 saturated carbocycles. The fraction of sp³-hybridized carbons (Fsp3) is 0.333. The predicted molar refractivity (Wildman–Crippen MR) is 58.8 cm³/mol. The molecule has 1 rings (SSSR count). The second-order valence-electron chi connectivity index (χ2n) is 2.91. The second kappa shape index (κ2) is 4.90. The van der Waals surface area contributed by atoms with Crippen LogP contribution in [0, 0.1) is 0 Å². The SMILES string of the molecule is C[SiH](Cl)CCc1ccccc1Cl. The van der Waals surface area contributed by atoms with Crippen LogP contribution in [0.1, 0.15) is 5.56 Å². The van der Waals surface area contributed by atoms with E-state index in [0.717, 1.165) is 17.5 Å². The fourth-order valence-electron chi connectivity index (χ4n) is 1.06. The molecule has 1 aromatic carbocycles. The minimum Gasteiger partial charge on any atom is -0.172 e. The van der Waals surface area contributed by atoms with Gasteiger partial charge in [-0.1, -0.05) is 36.3 Å². The normalized spacial score (nSPS) is 12.9. The van der Waals surface area contributed by atoms with Crippen LogP contribution in [-0.4, -0.2) is 8.11 Å². The smallest absolute Gasteiger partial charge is 0.138 e. The maximum atomic E-state index is 5.98. The van der Waals surface area contributed by atoms with E-state index >= 15 is 0 Å². The molecule has 0 radical (unpaired) electrons. The lowest BCUT2D eigenvalue weighted by molar-refractivity contribution is 1.12. The molecule has 0 heterocycles. The van der Waals surface area contributed by atoms with Crippen molar-refractivity contribution < 1.29 is 0 Å². The molecule has 66 valence electrons. The Kier molecular flexibility index (Phi) is 4.13. The number of aryl methyl sites for hydroxylation is 1. The summed E-state index contributed by atoms with van der Waals surface area (Å²) in [4.78, 5) is 0. The van der Waals surface area contributed by atoms with Crippen molar-refractivity contribution in [2.24, 2.45) is 0 Å². The number of halogens is 2. The Bertz CT molecular complexity index is 248. The summed E-state index contributed by atoms with van der Waals surface area (Å²) in [6.45, 7) is 2.14. The van der Waals surface area contributed by atoms with E-state index in [1.165, 1.54) is 5.56 Å². The van der Waals surface area contributed by atoms with Crippen LogP contribution in [-0.2, 0) is 6.42 Å². The van der Waals surface area contributed by atoms with Crippen molar-refractivity contribution in [1.29, 1.82) is 0 Å². The van der Waals surface area contributed by atoms with Crippen LogP contribution in [0.2, 0.25) is 17.6 Å². The Morgan fingerprint density at radius 3 is 2.58 bits per heavy atom. The van der Waals surface area contributed by atoms with Crippen LogP contribution in [0.25, 0.3) is 0 Å². The molecular formula is C9H12Cl2Si. The second-order valence-corrected chi connectivity index (χ2v) is 7.69. The van der Waals surface area contributed by atoms with Gasteiger partial charge in [-0.3, -0.25) is 0 Å². The molecule has 0 aliphatic carbocycles. The molecule has 0 aromatic heterocycles. The largest absolute Gasteiger partial charge is 0.172 e. The van der Waals surface area contributed by atoms with Crippen molar-refractivity contribution in [3.63, 3.8) is 0 Å².